The van der Waals surface area contributed by atoms with Crippen molar-refractivity contribution in [1.82, 2.24) is 20.9 Å². The Morgan fingerprint density at radius 2 is 1.93 bits per heavy atom. The van der Waals surface area contributed by atoms with Gasteiger partial charge in [0.2, 0.25) is 5.91 Å². The van der Waals surface area contributed by atoms with Crippen molar-refractivity contribution in [3.05, 3.63) is 35.4 Å². The normalized spacial score (nSPS) is 18.0. The summed E-state index contributed by atoms with van der Waals surface area (Å²) in [5.74, 6) is 0.849. The van der Waals surface area contributed by atoms with Crippen molar-refractivity contribution >= 4 is 11.9 Å². The number of rotatable bonds is 8. The molecule has 1 aromatic carbocycles. The predicted molar refractivity (Wildman–Crippen MR) is 113 cm³/mol. The third kappa shape index (κ3) is 7.15. The summed E-state index contributed by atoms with van der Waals surface area (Å²) in [6, 6.07) is 7.29. The summed E-state index contributed by atoms with van der Waals surface area (Å²) in [4.78, 5) is 27.4. The second kappa shape index (κ2) is 11.1. The van der Waals surface area contributed by atoms with Crippen molar-refractivity contribution in [2.75, 3.05) is 26.7 Å². The molecule has 3 amide bonds. The fraction of sp³-hybridized carbons (Fsp3) is 0.636. The Bertz CT molecular complexity index is 628. The van der Waals surface area contributed by atoms with Crippen LogP contribution in [0, 0.1) is 18.8 Å². The Hall–Kier alpha value is -2.08. The number of nitrogens with one attached hydrogen (secondary N) is 3. The van der Waals surface area contributed by atoms with E-state index in [1.807, 2.05) is 43.1 Å². The first-order valence-electron chi connectivity index (χ1n) is 10.4. The number of hydrogen-bond donors (Lipinski definition) is 3. The number of hydrogen-bond acceptors (Lipinski definition) is 3. The first-order valence-corrected chi connectivity index (χ1v) is 10.4. The van der Waals surface area contributed by atoms with Gasteiger partial charge in [-0.2, -0.15) is 0 Å². The monoisotopic (exact) mass is 388 g/mol. The number of carbonyl (C=O) groups is 2. The van der Waals surface area contributed by atoms with Crippen LogP contribution in [-0.2, 0) is 11.3 Å². The van der Waals surface area contributed by atoms with Crippen LogP contribution in [0.15, 0.2) is 24.3 Å². The molecule has 6 nitrogen and oxygen atoms in total. The number of carbonyl (C=O) groups excluding carboxylic acids is 2. The summed E-state index contributed by atoms with van der Waals surface area (Å²) in [6.45, 7) is 9.10. The van der Waals surface area contributed by atoms with E-state index in [9.17, 15) is 9.59 Å². The molecule has 1 fully saturated rings. The number of likely N-dealkylation sites (tertiary alicyclic amines) is 1. The highest BCUT2D eigenvalue weighted by Gasteiger charge is 2.30. The van der Waals surface area contributed by atoms with Crippen molar-refractivity contribution in [3.8, 4) is 0 Å². The van der Waals surface area contributed by atoms with Gasteiger partial charge in [-0.15, -0.1) is 0 Å². The fourth-order valence-corrected chi connectivity index (χ4v) is 3.73. The molecule has 1 aliphatic heterocycles. The summed E-state index contributed by atoms with van der Waals surface area (Å²) >= 11 is 0. The van der Waals surface area contributed by atoms with Crippen LogP contribution in [0.3, 0.4) is 0 Å². The third-order valence-corrected chi connectivity index (χ3v) is 5.21. The second-order valence-corrected chi connectivity index (χ2v) is 8.34. The summed E-state index contributed by atoms with van der Waals surface area (Å²) in [7, 11) is 1.95. The largest absolute Gasteiger partial charge is 0.341 e. The molecule has 0 aliphatic carbocycles. The molecular formula is C22H36N4O2. The number of benzene rings is 1. The minimum absolute atomic E-state index is 0.0417. The molecule has 0 bridgehead atoms. The lowest BCUT2D eigenvalue weighted by atomic mass is 9.96. The molecule has 2 atom stereocenters. The average molecular weight is 389 g/mol. The van der Waals surface area contributed by atoms with Crippen LogP contribution in [0.5, 0.6) is 0 Å². The van der Waals surface area contributed by atoms with Gasteiger partial charge >= 0.3 is 6.03 Å². The Balaban J connectivity index is 1.92. The van der Waals surface area contributed by atoms with E-state index in [1.54, 1.807) is 0 Å². The number of nitrogens with zero attached hydrogens (tertiary/aromatic N) is 1. The zero-order valence-corrected chi connectivity index (χ0v) is 17.8. The highest BCUT2D eigenvalue weighted by atomic mass is 16.2. The zero-order chi connectivity index (χ0) is 20.5. The summed E-state index contributed by atoms with van der Waals surface area (Å²) in [5, 5.41) is 9.00. The average Bonchev–Trinajstić information content (AvgIpc) is 2.66. The van der Waals surface area contributed by atoms with Gasteiger partial charge in [0.1, 0.15) is 6.04 Å². The summed E-state index contributed by atoms with van der Waals surface area (Å²) < 4.78 is 0. The molecule has 0 aromatic heterocycles. The first kappa shape index (κ1) is 22.2. The molecule has 6 heteroatoms. The molecule has 2 unspecified atom stereocenters. The highest BCUT2D eigenvalue weighted by Crippen LogP contribution is 2.18. The van der Waals surface area contributed by atoms with Gasteiger partial charge in [0.15, 0.2) is 0 Å². The molecule has 1 heterocycles. The van der Waals surface area contributed by atoms with Gasteiger partial charge in [-0.25, -0.2) is 4.79 Å². The van der Waals surface area contributed by atoms with E-state index >= 15 is 0 Å². The van der Waals surface area contributed by atoms with Crippen molar-refractivity contribution in [2.24, 2.45) is 11.8 Å². The van der Waals surface area contributed by atoms with Gasteiger partial charge in [0, 0.05) is 19.6 Å². The van der Waals surface area contributed by atoms with Crippen LogP contribution in [-0.4, -0.2) is 49.6 Å². The quantitative estimate of drug-likeness (QED) is 0.641. The minimum atomic E-state index is -0.480. The summed E-state index contributed by atoms with van der Waals surface area (Å²) in [5.41, 5.74) is 2.23. The van der Waals surface area contributed by atoms with Crippen molar-refractivity contribution in [1.29, 1.82) is 0 Å². The molecule has 156 valence electrons. The molecule has 0 saturated carbocycles. The van der Waals surface area contributed by atoms with Gasteiger partial charge in [0.05, 0.1) is 0 Å². The van der Waals surface area contributed by atoms with Gasteiger partial charge in [0.25, 0.3) is 0 Å². The SMILES string of the molecule is CNCC1CCCN(C(=O)C(CC(C)C)NC(=O)NCc2ccc(C)cc2)C1. The number of piperidine rings is 1. The Morgan fingerprint density at radius 1 is 1.21 bits per heavy atom. The molecule has 1 aliphatic rings. The van der Waals surface area contributed by atoms with E-state index in [-0.39, 0.29) is 11.9 Å². The summed E-state index contributed by atoms with van der Waals surface area (Å²) in [6.07, 6.45) is 2.81. The van der Waals surface area contributed by atoms with Gasteiger partial charge in [-0.3, -0.25) is 4.79 Å². The Morgan fingerprint density at radius 3 is 2.57 bits per heavy atom. The van der Waals surface area contributed by atoms with Crippen LogP contribution in [0.25, 0.3) is 0 Å². The van der Waals surface area contributed by atoms with Crippen molar-refractivity contribution < 1.29 is 9.59 Å². The lowest BCUT2D eigenvalue weighted by Crippen LogP contribution is -2.54. The van der Waals surface area contributed by atoms with Gasteiger partial charge in [-0.1, -0.05) is 43.7 Å². The predicted octanol–water partition coefficient (Wildman–Crippen LogP) is 2.67. The Labute approximate surface area is 169 Å². The second-order valence-electron chi connectivity index (χ2n) is 8.34. The van der Waals surface area contributed by atoms with Gasteiger partial charge in [-0.05, 0) is 57.2 Å². The molecule has 1 aromatic rings. The molecular weight excluding hydrogens is 352 g/mol. The van der Waals surface area contributed by atoms with Crippen LogP contribution in [0.1, 0.15) is 44.2 Å². The number of urea groups is 1. The molecule has 1 saturated heterocycles. The molecule has 28 heavy (non-hydrogen) atoms. The van der Waals surface area contributed by atoms with E-state index in [0.717, 1.165) is 38.0 Å². The maximum atomic E-state index is 13.1. The smallest absolute Gasteiger partial charge is 0.315 e. The van der Waals surface area contributed by atoms with Crippen LogP contribution in [0.2, 0.25) is 0 Å². The standard InChI is InChI=1S/C22H36N4O2/c1-16(2)12-20(21(27)26-11-5-6-19(15-26)13-23-4)25-22(28)24-14-18-9-7-17(3)8-10-18/h7-10,16,19-20,23H,5-6,11-15H2,1-4H3,(H2,24,25,28). The topological polar surface area (TPSA) is 73.5 Å². The lowest BCUT2D eigenvalue weighted by molar-refractivity contribution is -0.135. The van der Waals surface area contributed by atoms with Crippen molar-refractivity contribution in [3.63, 3.8) is 0 Å². The molecule has 0 spiro atoms. The Kier molecular flexibility index (Phi) is 8.77. The molecule has 2 rings (SSSR count). The van der Waals surface area contributed by atoms with Crippen LogP contribution < -0.4 is 16.0 Å². The lowest BCUT2D eigenvalue weighted by Gasteiger charge is -2.35. The van der Waals surface area contributed by atoms with Crippen LogP contribution >= 0.6 is 0 Å². The highest BCUT2D eigenvalue weighted by molar-refractivity contribution is 5.87. The zero-order valence-electron chi connectivity index (χ0n) is 17.8. The van der Waals surface area contributed by atoms with E-state index < -0.39 is 6.04 Å². The maximum Gasteiger partial charge on any atom is 0.315 e. The van der Waals surface area contributed by atoms with E-state index in [4.69, 9.17) is 0 Å². The minimum Gasteiger partial charge on any atom is -0.341 e. The van der Waals surface area contributed by atoms with Crippen molar-refractivity contribution in [2.45, 2.75) is 52.6 Å². The molecule has 3 N–H and O–H groups in total. The molecule has 0 radical (unpaired) electrons. The van der Waals surface area contributed by atoms with E-state index in [0.29, 0.717) is 24.8 Å². The van der Waals surface area contributed by atoms with E-state index in [2.05, 4.69) is 29.8 Å². The third-order valence-electron chi connectivity index (χ3n) is 5.21. The number of amides is 3. The van der Waals surface area contributed by atoms with Gasteiger partial charge < -0.3 is 20.9 Å². The van der Waals surface area contributed by atoms with E-state index in [1.165, 1.54) is 5.56 Å². The fourth-order valence-electron chi connectivity index (χ4n) is 3.73. The maximum absolute atomic E-state index is 13.1. The first-order chi connectivity index (χ1) is 13.4. The number of aryl methyl sites for hydroxylation is 1. The van der Waals surface area contributed by atoms with Crippen LogP contribution in [0.4, 0.5) is 4.79 Å².